The highest BCUT2D eigenvalue weighted by atomic mass is 16.5. The predicted molar refractivity (Wildman–Crippen MR) is 102 cm³/mol. The third-order valence-electron chi connectivity index (χ3n) is 4.55. The van der Waals surface area contributed by atoms with Crippen molar-refractivity contribution in [2.24, 2.45) is 4.99 Å². The third-order valence-corrected chi connectivity index (χ3v) is 4.55. The number of guanidine groups is 1. The minimum atomic E-state index is 0.303. The molecule has 1 aromatic carbocycles. The smallest absolute Gasteiger partial charge is 0.191 e. The Morgan fingerprint density at radius 3 is 2.69 bits per heavy atom. The van der Waals surface area contributed by atoms with Gasteiger partial charge in [-0.2, -0.15) is 0 Å². The summed E-state index contributed by atoms with van der Waals surface area (Å²) in [6.07, 6.45) is 6.69. The summed E-state index contributed by atoms with van der Waals surface area (Å²) in [5.74, 6) is 3.26. The summed E-state index contributed by atoms with van der Waals surface area (Å²) in [5, 5.41) is 6.56. The van der Waals surface area contributed by atoms with Crippen LogP contribution in [0.25, 0.3) is 0 Å². The van der Waals surface area contributed by atoms with E-state index in [1.165, 1.54) is 12.8 Å². The molecule has 0 unspecified atom stereocenters. The fourth-order valence-corrected chi connectivity index (χ4v) is 3.09. The molecule has 26 heavy (non-hydrogen) atoms. The number of hydrogen-bond acceptors (Lipinski definition) is 4. The first-order valence-electron chi connectivity index (χ1n) is 9.09. The summed E-state index contributed by atoms with van der Waals surface area (Å²) < 4.78 is 16.9. The van der Waals surface area contributed by atoms with E-state index in [1.54, 1.807) is 20.4 Å². The van der Waals surface area contributed by atoms with Crippen LogP contribution < -0.4 is 20.1 Å². The lowest BCUT2D eigenvalue weighted by Gasteiger charge is -2.18. The Morgan fingerprint density at radius 2 is 2.00 bits per heavy atom. The molecule has 1 aromatic heterocycles. The maximum absolute atomic E-state index is 6.24. The van der Waals surface area contributed by atoms with Crippen LogP contribution in [-0.2, 0) is 13.1 Å². The molecule has 0 atom stereocenters. The van der Waals surface area contributed by atoms with E-state index in [0.717, 1.165) is 35.7 Å². The first-order valence-corrected chi connectivity index (χ1v) is 9.09. The van der Waals surface area contributed by atoms with Crippen LogP contribution in [0.5, 0.6) is 11.5 Å². The van der Waals surface area contributed by atoms with Crippen LogP contribution in [-0.4, -0.2) is 26.2 Å². The SMILES string of the molecule is CN=C(NCc1ccco1)NCc1ccc(OC)cc1OC1CCCC1. The van der Waals surface area contributed by atoms with Crippen molar-refractivity contribution in [2.75, 3.05) is 14.2 Å². The molecule has 1 aliphatic rings. The van der Waals surface area contributed by atoms with Crippen LogP contribution >= 0.6 is 0 Å². The Bertz CT molecular complexity index is 707. The van der Waals surface area contributed by atoms with Gasteiger partial charge in [0.05, 0.1) is 26.0 Å². The van der Waals surface area contributed by atoms with Crippen molar-refractivity contribution in [1.29, 1.82) is 0 Å². The molecule has 2 N–H and O–H groups in total. The molecule has 2 aromatic rings. The van der Waals surface area contributed by atoms with Crippen LogP contribution in [0.4, 0.5) is 0 Å². The van der Waals surface area contributed by atoms with E-state index < -0.39 is 0 Å². The lowest BCUT2D eigenvalue weighted by molar-refractivity contribution is 0.207. The standard InChI is InChI=1S/C20H27N3O3/c1-21-20(23-14-18-8-5-11-25-18)22-13-15-9-10-17(24-2)12-19(15)26-16-6-3-4-7-16/h5,8-12,16H,3-4,6-7,13-14H2,1-2H3,(H2,21,22,23). The van der Waals surface area contributed by atoms with Gasteiger partial charge in [0.1, 0.15) is 17.3 Å². The highest BCUT2D eigenvalue weighted by molar-refractivity contribution is 5.79. The quantitative estimate of drug-likeness (QED) is 0.587. The van der Waals surface area contributed by atoms with Crippen molar-refractivity contribution in [3.8, 4) is 11.5 Å². The third kappa shape index (κ3) is 4.94. The van der Waals surface area contributed by atoms with E-state index in [0.29, 0.717) is 25.2 Å². The Balaban J connectivity index is 1.61. The Kier molecular flexibility index (Phi) is 6.41. The van der Waals surface area contributed by atoms with Crippen molar-refractivity contribution >= 4 is 5.96 Å². The zero-order valence-corrected chi connectivity index (χ0v) is 15.5. The van der Waals surface area contributed by atoms with Gasteiger partial charge in [0.15, 0.2) is 5.96 Å². The van der Waals surface area contributed by atoms with Gasteiger partial charge in [0.25, 0.3) is 0 Å². The number of hydrogen-bond donors (Lipinski definition) is 2. The monoisotopic (exact) mass is 357 g/mol. The second-order valence-electron chi connectivity index (χ2n) is 6.36. The number of ether oxygens (including phenoxy) is 2. The molecule has 0 bridgehead atoms. The maximum atomic E-state index is 6.24. The molecule has 140 valence electrons. The molecule has 0 spiro atoms. The van der Waals surface area contributed by atoms with Gasteiger partial charge in [-0.3, -0.25) is 4.99 Å². The van der Waals surface area contributed by atoms with Crippen molar-refractivity contribution < 1.29 is 13.9 Å². The van der Waals surface area contributed by atoms with Crippen molar-refractivity contribution in [3.05, 3.63) is 47.9 Å². The van der Waals surface area contributed by atoms with E-state index in [2.05, 4.69) is 15.6 Å². The first kappa shape index (κ1) is 18.2. The molecule has 6 nitrogen and oxygen atoms in total. The average Bonchev–Trinajstić information content (AvgIpc) is 3.36. The molecule has 1 aliphatic carbocycles. The van der Waals surface area contributed by atoms with Gasteiger partial charge in [-0.05, 0) is 49.9 Å². The number of nitrogens with one attached hydrogen (secondary N) is 2. The first-order chi connectivity index (χ1) is 12.8. The van der Waals surface area contributed by atoms with Crippen LogP contribution in [0.2, 0.25) is 0 Å². The van der Waals surface area contributed by atoms with Crippen molar-refractivity contribution in [1.82, 2.24) is 10.6 Å². The van der Waals surface area contributed by atoms with Gasteiger partial charge in [-0.25, -0.2) is 0 Å². The van der Waals surface area contributed by atoms with Gasteiger partial charge in [0, 0.05) is 25.2 Å². The maximum Gasteiger partial charge on any atom is 0.191 e. The molecule has 1 heterocycles. The summed E-state index contributed by atoms with van der Waals surface area (Å²) in [6, 6.07) is 9.76. The highest BCUT2D eigenvalue weighted by Gasteiger charge is 2.18. The summed E-state index contributed by atoms with van der Waals surface area (Å²) in [6.45, 7) is 1.20. The fourth-order valence-electron chi connectivity index (χ4n) is 3.09. The van der Waals surface area contributed by atoms with Crippen LogP contribution in [0, 0.1) is 0 Å². The molecule has 1 saturated carbocycles. The molecule has 0 saturated heterocycles. The van der Waals surface area contributed by atoms with E-state index in [-0.39, 0.29) is 0 Å². The van der Waals surface area contributed by atoms with Gasteiger partial charge in [0.2, 0.25) is 0 Å². The molecule has 1 fully saturated rings. The van der Waals surface area contributed by atoms with E-state index in [1.807, 2.05) is 30.3 Å². The second kappa shape index (κ2) is 9.17. The molecule has 0 amide bonds. The Morgan fingerprint density at radius 1 is 1.19 bits per heavy atom. The second-order valence-corrected chi connectivity index (χ2v) is 6.36. The van der Waals surface area contributed by atoms with Crippen molar-refractivity contribution in [2.45, 2.75) is 44.9 Å². The molecular formula is C20H27N3O3. The number of benzene rings is 1. The molecule has 3 rings (SSSR count). The Labute approximate surface area is 154 Å². The molecule has 0 aliphatic heterocycles. The number of rotatable bonds is 7. The van der Waals surface area contributed by atoms with Gasteiger partial charge >= 0.3 is 0 Å². The van der Waals surface area contributed by atoms with E-state index >= 15 is 0 Å². The normalized spacial score (nSPS) is 15.1. The van der Waals surface area contributed by atoms with Crippen LogP contribution in [0.1, 0.15) is 37.0 Å². The van der Waals surface area contributed by atoms with Crippen LogP contribution in [0.3, 0.4) is 0 Å². The lowest BCUT2D eigenvalue weighted by atomic mass is 10.2. The minimum Gasteiger partial charge on any atom is -0.497 e. The predicted octanol–water partition coefficient (Wildman–Crippen LogP) is 3.47. The summed E-state index contributed by atoms with van der Waals surface area (Å²) >= 11 is 0. The van der Waals surface area contributed by atoms with Gasteiger partial charge in [-0.1, -0.05) is 0 Å². The van der Waals surface area contributed by atoms with E-state index in [9.17, 15) is 0 Å². The zero-order valence-electron chi connectivity index (χ0n) is 15.5. The molecule has 0 radical (unpaired) electrons. The fraction of sp³-hybridized carbons (Fsp3) is 0.450. The lowest BCUT2D eigenvalue weighted by Crippen LogP contribution is -2.36. The highest BCUT2D eigenvalue weighted by Crippen LogP contribution is 2.29. The molecular weight excluding hydrogens is 330 g/mol. The Hall–Kier alpha value is -2.63. The van der Waals surface area contributed by atoms with Gasteiger partial charge in [-0.15, -0.1) is 0 Å². The summed E-state index contributed by atoms with van der Waals surface area (Å²) in [4.78, 5) is 4.26. The summed E-state index contributed by atoms with van der Waals surface area (Å²) in [5.41, 5.74) is 1.08. The number of methoxy groups -OCH3 is 1. The zero-order chi connectivity index (χ0) is 18.2. The van der Waals surface area contributed by atoms with E-state index in [4.69, 9.17) is 13.9 Å². The van der Waals surface area contributed by atoms with Gasteiger partial charge < -0.3 is 24.5 Å². The molecule has 6 heteroatoms. The average molecular weight is 357 g/mol. The number of aliphatic imine (C=N–C) groups is 1. The topological polar surface area (TPSA) is 68.0 Å². The summed E-state index contributed by atoms with van der Waals surface area (Å²) in [7, 11) is 3.43. The van der Waals surface area contributed by atoms with Crippen LogP contribution in [0.15, 0.2) is 46.0 Å². The minimum absolute atomic E-state index is 0.303. The van der Waals surface area contributed by atoms with Crippen molar-refractivity contribution in [3.63, 3.8) is 0 Å². The number of nitrogens with zero attached hydrogens (tertiary/aromatic N) is 1. The number of furan rings is 1. The largest absolute Gasteiger partial charge is 0.497 e.